The van der Waals surface area contributed by atoms with Gasteiger partial charge in [0, 0.05) is 12.1 Å². The third kappa shape index (κ3) is 4.30. The molecule has 0 bridgehead atoms. The highest BCUT2D eigenvalue weighted by Gasteiger charge is 2.09. The van der Waals surface area contributed by atoms with Gasteiger partial charge in [-0.3, -0.25) is 0 Å². The summed E-state index contributed by atoms with van der Waals surface area (Å²) in [6.45, 7) is 2.07. The molecule has 0 aliphatic carbocycles. The fraction of sp³-hybridized carbons (Fsp3) is 0.500. The Bertz CT molecular complexity index is 342. The second-order valence-electron chi connectivity index (χ2n) is 4.12. The lowest BCUT2D eigenvalue weighted by atomic mass is 9.99. The topological polar surface area (TPSA) is 52.0 Å². The van der Waals surface area contributed by atoms with Crippen molar-refractivity contribution in [2.75, 3.05) is 0 Å². The fourth-order valence-corrected chi connectivity index (χ4v) is 1.93. The molecule has 0 spiro atoms. The van der Waals surface area contributed by atoms with Gasteiger partial charge in [-0.2, -0.15) is 0 Å². The maximum absolute atomic E-state index is 6.01. The van der Waals surface area contributed by atoms with E-state index in [0.29, 0.717) is 10.0 Å². The zero-order valence-corrected chi connectivity index (χ0v) is 10.9. The van der Waals surface area contributed by atoms with Crippen LogP contribution in [0.15, 0.2) is 18.2 Å². The van der Waals surface area contributed by atoms with Crippen LogP contribution in [0.3, 0.4) is 0 Å². The summed E-state index contributed by atoms with van der Waals surface area (Å²) in [6.07, 6.45) is 2.57. The predicted octanol–water partition coefficient (Wildman–Crippen LogP) is 2.99. The molecule has 90 valence electrons. The van der Waals surface area contributed by atoms with Crippen LogP contribution < -0.4 is 11.5 Å². The fourth-order valence-electron chi connectivity index (χ4n) is 1.61. The third-order valence-corrected chi connectivity index (χ3v) is 3.35. The Balaban J connectivity index is 2.56. The van der Waals surface area contributed by atoms with Crippen LogP contribution in [0.5, 0.6) is 0 Å². The normalized spacial score (nSPS) is 14.8. The zero-order valence-electron chi connectivity index (χ0n) is 9.42. The van der Waals surface area contributed by atoms with Crippen LogP contribution in [-0.4, -0.2) is 12.1 Å². The highest BCUT2D eigenvalue weighted by molar-refractivity contribution is 6.42. The largest absolute Gasteiger partial charge is 0.328 e. The molecular formula is C12H18Cl2N2. The molecule has 0 aliphatic heterocycles. The highest BCUT2D eigenvalue weighted by atomic mass is 35.5. The maximum atomic E-state index is 6.01. The summed E-state index contributed by atoms with van der Waals surface area (Å²) in [4.78, 5) is 0. The molecule has 0 amide bonds. The van der Waals surface area contributed by atoms with Crippen LogP contribution in [0.25, 0.3) is 0 Å². The maximum Gasteiger partial charge on any atom is 0.0595 e. The Morgan fingerprint density at radius 2 is 1.81 bits per heavy atom. The lowest BCUT2D eigenvalue weighted by molar-refractivity contribution is 0.509. The summed E-state index contributed by atoms with van der Waals surface area (Å²) in [5, 5.41) is 1.15. The highest BCUT2D eigenvalue weighted by Crippen LogP contribution is 2.23. The number of hydrogen-bond acceptors (Lipinski definition) is 2. The molecule has 4 heteroatoms. The molecule has 1 aromatic carbocycles. The third-order valence-electron chi connectivity index (χ3n) is 2.61. The molecule has 0 fully saturated rings. The SMILES string of the molecule is CCC(N)CC(N)Cc1ccc(Cl)c(Cl)c1. The van der Waals surface area contributed by atoms with Gasteiger partial charge in [-0.15, -0.1) is 0 Å². The van der Waals surface area contributed by atoms with Gasteiger partial charge in [0.25, 0.3) is 0 Å². The van der Waals surface area contributed by atoms with Gasteiger partial charge in [0.1, 0.15) is 0 Å². The molecule has 0 aromatic heterocycles. The van der Waals surface area contributed by atoms with Crippen molar-refractivity contribution in [3.63, 3.8) is 0 Å². The Morgan fingerprint density at radius 1 is 1.12 bits per heavy atom. The molecule has 16 heavy (non-hydrogen) atoms. The van der Waals surface area contributed by atoms with E-state index in [9.17, 15) is 0 Å². The second kappa shape index (κ2) is 6.45. The molecule has 0 radical (unpaired) electrons. The molecule has 4 N–H and O–H groups in total. The number of benzene rings is 1. The molecule has 2 nitrogen and oxygen atoms in total. The van der Waals surface area contributed by atoms with E-state index in [4.69, 9.17) is 34.7 Å². The first-order valence-corrected chi connectivity index (χ1v) is 6.23. The van der Waals surface area contributed by atoms with Crippen LogP contribution in [0.1, 0.15) is 25.3 Å². The van der Waals surface area contributed by atoms with Crippen LogP contribution in [-0.2, 0) is 6.42 Å². The predicted molar refractivity (Wildman–Crippen MR) is 71.0 cm³/mol. The van der Waals surface area contributed by atoms with Crippen molar-refractivity contribution in [3.05, 3.63) is 33.8 Å². The summed E-state index contributed by atoms with van der Waals surface area (Å²) < 4.78 is 0. The average Bonchev–Trinajstić information content (AvgIpc) is 2.23. The second-order valence-corrected chi connectivity index (χ2v) is 4.93. The monoisotopic (exact) mass is 260 g/mol. The van der Waals surface area contributed by atoms with E-state index in [0.717, 1.165) is 24.8 Å². The Hall–Kier alpha value is -0.280. The summed E-state index contributed by atoms with van der Waals surface area (Å²) in [5.41, 5.74) is 13.0. The minimum absolute atomic E-state index is 0.0761. The number of rotatable bonds is 5. The van der Waals surface area contributed by atoms with Crippen molar-refractivity contribution in [1.82, 2.24) is 0 Å². The van der Waals surface area contributed by atoms with E-state index in [2.05, 4.69) is 6.92 Å². The van der Waals surface area contributed by atoms with Gasteiger partial charge >= 0.3 is 0 Å². The van der Waals surface area contributed by atoms with E-state index in [1.54, 1.807) is 6.07 Å². The van der Waals surface area contributed by atoms with Gasteiger partial charge in [-0.1, -0.05) is 36.2 Å². The Labute approximate surface area is 107 Å². The van der Waals surface area contributed by atoms with Gasteiger partial charge in [0.15, 0.2) is 0 Å². The van der Waals surface area contributed by atoms with E-state index in [1.807, 2.05) is 12.1 Å². The average molecular weight is 261 g/mol. The van der Waals surface area contributed by atoms with Crippen LogP contribution in [0.2, 0.25) is 10.0 Å². The molecule has 1 rings (SSSR count). The number of nitrogens with two attached hydrogens (primary N) is 2. The lowest BCUT2D eigenvalue weighted by Gasteiger charge is -2.16. The first kappa shape index (κ1) is 13.8. The minimum atomic E-state index is 0.0761. The summed E-state index contributed by atoms with van der Waals surface area (Å²) >= 11 is 11.8. The van der Waals surface area contributed by atoms with Crippen LogP contribution in [0.4, 0.5) is 0 Å². The minimum Gasteiger partial charge on any atom is -0.328 e. The molecule has 2 unspecified atom stereocenters. The molecular weight excluding hydrogens is 243 g/mol. The molecule has 1 aromatic rings. The van der Waals surface area contributed by atoms with E-state index >= 15 is 0 Å². The van der Waals surface area contributed by atoms with Crippen molar-refractivity contribution in [1.29, 1.82) is 0 Å². The summed E-state index contributed by atoms with van der Waals surface area (Å²) in [7, 11) is 0. The van der Waals surface area contributed by atoms with Crippen molar-refractivity contribution < 1.29 is 0 Å². The van der Waals surface area contributed by atoms with Crippen molar-refractivity contribution in [3.8, 4) is 0 Å². The standard InChI is InChI=1S/C12H18Cl2N2/c1-2-9(15)7-10(16)5-8-3-4-11(13)12(14)6-8/h3-4,6,9-10H,2,5,7,15-16H2,1H3. The molecule has 0 saturated carbocycles. The lowest BCUT2D eigenvalue weighted by Crippen LogP contribution is -2.32. The van der Waals surface area contributed by atoms with Gasteiger partial charge in [0.2, 0.25) is 0 Å². The van der Waals surface area contributed by atoms with Gasteiger partial charge in [0.05, 0.1) is 10.0 Å². The molecule has 0 aliphatic rings. The molecule has 2 atom stereocenters. The number of hydrogen-bond donors (Lipinski definition) is 2. The van der Waals surface area contributed by atoms with Gasteiger partial charge < -0.3 is 11.5 Å². The summed E-state index contributed by atoms with van der Waals surface area (Å²) in [6, 6.07) is 5.86. The smallest absolute Gasteiger partial charge is 0.0595 e. The van der Waals surface area contributed by atoms with Crippen molar-refractivity contribution in [2.24, 2.45) is 11.5 Å². The molecule has 0 heterocycles. The Morgan fingerprint density at radius 3 is 2.38 bits per heavy atom. The van der Waals surface area contributed by atoms with E-state index < -0.39 is 0 Å². The summed E-state index contributed by atoms with van der Waals surface area (Å²) in [5.74, 6) is 0. The van der Waals surface area contributed by atoms with Crippen LogP contribution >= 0.6 is 23.2 Å². The van der Waals surface area contributed by atoms with Crippen molar-refractivity contribution >= 4 is 23.2 Å². The van der Waals surface area contributed by atoms with E-state index in [-0.39, 0.29) is 12.1 Å². The Kier molecular flexibility index (Phi) is 5.56. The first-order chi connectivity index (χ1) is 7.52. The zero-order chi connectivity index (χ0) is 12.1. The van der Waals surface area contributed by atoms with E-state index in [1.165, 1.54) is 0 Å². The van der Waals surface area contributed by atoms with Gasteiger partial charge in [-0.05, 0) is 37.0 Å². The van der Waals surface area contributed by atoms with Gasteiger partial charge in [-0.25, -0.2) is 0 Å². The van der Waals surface area contributed by atoms with Crippen molar-refractivity contribution in [2.45, 2.75) is 38.3 Å². The molecule has 0 saturated heterocycles. The first-order valence-electron chi connectivity index (χ1n) is 5.48. The number of halogens is 2. The van der Waals surface area contributed by atoms with Crippen LogP contribution in [0, 0.1) is 0 Å². The quantitative estimate of drug-likeness (QED) is 0.856.